The van der Waals surface area contributed by atoms with E-state index in [-0.39, 0.29) is 16.8 Å². The molecule has 0 bridgehead atoms. The molecule has 1 aromatic heterocycles. The Morgan fingerprint density at radius 1 is 1.14 bits per heavy atom. The van der Waals surface area contributed by atoms with Crippen LogP contribution >= 0.6 is 11.6 Å². The van der Waals surface area contributed by atoms with E-state index in [9.17, 15) is 9.59 Å². The van der Waals surface area contributed by atoms with Crippen LogP contribution in [0.15, 0.2) is 39.9 Å². The van der Waals surface area contributed by atoms with Gasteiger partial charge in [-0.05, 0) is 24.8 Å². The molecule has 0 aliphatic carbocycles. The van der Waals surface area contributed by atoms with Crippen molar-refractivity contribution >= 4 is 11.6 Å². The molecular formula is C16H19ClN2O2. The van der Waals surface area contributed by atoms with Gasteiger partial charge in [-0.15, -0.1) is 0 Å². The van der Waals surface area contributed by atoms with Gasteiger partial charge in [-0.3, -0.25) is 14.3 Å². The van der Waals surface area contributed by atoms with Gasteiger partial charge in [-0.1, -0.05) is 55.8 Å². The quantitative estimate of drug-likeness (QED) is 0.879. The van der Waals surface area contributed by atoms with Crippen LogP contribution in [0.4, 0.5) is 0 Å². The minimum atomic E-state index is -0.460. The molecule has 1 N–H and O–H groups in total. The van der Waals surface area contributed by atoms with Crippen LogP contribution in [0.1, 0.15) is 33.2 Å². The molecule has 2 rings (SSSR count). The Kier molecular flexibility index (Phi) is 4.68. The van der Waals surface area contributed by atoms with E-state index in [2.05, 4.69) is 18.8 Å². The summed E-state index contributed by atoms with van der Waals surface area (Å²) in [6.45, 7) is 5.99. The van der Waals surface area contributed by atoms with Crippen LogP contribution in [-0.4, -0.2) is 9.55 Å². The summed E-state index contributed by atoms with van der Waals surface area (Å²) < 4.78 is 1.26. The molecule has 1 atom stereocenters. The molecular weight excluding hydrogens is 288 g/mol. The lowest BCUT2D eigenvalue weighted by Crippen LogP contribution is -2.38. The first-order chi connectivity index (χ1) is 9.91. The lowest BCUT2D eigenvalue weighted by molar-refractivity contribution is 0.406. The summed E-state index contributed by atoms with van der Waals surface area (Å²) in [5.74, 6) is 0.391. The lowest BCUT2D eigenvalue weighted by Gasteiger charge is -2.17. The highest BCUT2D eigenvalue weighted by molar-refractivity contribution is 6.32. The summed E-state index contributed by atoms with van der Waals surface area (Å²) in [6, 6.07) is 8.96. The van der Waals surface area contributed by atoms with Crippen LogP contribution in [0.5, 0.6) is 0 Å². The zero-order valence-electron chi connectivity index (χ0n) is 12.4. The van der Waals surface area contributed by atoms with Gasteiger partial charge in [0.1, 0.15) is 5.15 Å². The van der Waals surface area contributed by atoms with Crippen LogP contribution < -0.4 is 11.2 Å². The number of nitrogens with one attached hydrogen (secondary N) is 1. The minimum absolute atomic E-state index is 0.0872. The van der Waals surface area contributed by atoms with Gasteiger partial charge in [0.05, 0.1) is 5.56 Å². The molecule has 4 nitrogen and oxygen atoms in total. The molecule has 0 saturated heterocycles. The van der Waals surface area contributed by atoms with Gasteiger partial charge in [0, 0.05) is 6.04 Å². The summed E-state index contributed by atoms with van der Waals surface area (Å²) in [5, 5.41) is 0.0872. The van der Waals surface area contributed by atoms with Crippen LogP contribution in [0.25, 0.3) is 11.1 Å². The molecule has 0 radical (unpaired) electrons. The number of hydrogen-bond acceptors (Lipinski definition) is 2. The molecule has 1 aromatic carbocycles. The molecule has 0 saturated carbocycles. The van der Waals surface area contributed by atoms with E-state index in [1.165, 1.54) is 4.57 Å². The second-order valence-corrected chi connectivity index (χ2v) is 6.02. The smallest absolute Gasteiger partial charge is 0.297 e. The number of aromatic amines is 1. The molecule has 21 heavy (non-hydrogen) atoms. The fourth-order valence-corrected chi connectivity index (χ4v) is 2.84. The Balaban J connectivity index is 2.64. The van der Waals surface area contributed by atoms with Gasteiger partial charge >= 0.3 is 5.69 Å². The fourth-order valence-electron chi connectivity index (χ4n) is 2.57. The number of nitrogens with zero attached hydrogens (tertiary/aromatic N) is 1. The number of aromatic nitrogens is 2. The molecule has 0 fully saturated rings. The van der Waals surface area contributed by atoms with Crippen LogP contribution in [0, 0.1) is 5.92 Å². The summed E-state index contributed by atoms with van der Waals surface area (Å²) >= 11 is 6.08. The fraction of sp³-hybridized carbons (Fsp3) is 0.375. The van der Waals surface area contributed by atoms with Gasteiger partial charge < -0.3 is 0 Å². The van der Waals surface area contributed by atoms with Gasteiger partial charge in [-0.25, -0.2) is 4.79 Å². The maximum atomic E-state index is 12.7. The van der Waals surface area contributed by atoms with E-state index in [0.29, 0.717) is 17.0 Å². The number of H-pyrrole nitrogens is 1. The first kappa shape index (κ1) is 15.6. The molecule has 1 unspecified atom stereocenters. The van der Waals surface area contributed by atoms with Crippen molar-refractivity contribution in [3.05, 3.63) is 56.3 Å². The van der Waals surface area contributed by atoms with E-state index >= 15 is 0 Å². The lowest BCUT2D eigenvalue weighted by atomic mass is 10.0. The second-order valence-electron chi connectivity index (χ2n) is 5.64. The van der Waals surface area contributed by atoms with Crippen molar-refractivity contribution in [2.45, 2.75) is 33.2 Å². The predicted octanol–water partition coefficient (Wildman–Crippen LogP) is 3.46. The third kappa shape index (κ3) is 3.27. The second kappa shape index (κ2) is 6.31. The van der Waals surface area contributed by atoms with Crippen molar-refractivity contribution in [2.24, 2.45) is 5.92 Å². The number of hydrogen-bond donors (Lipinski definition) is 1. The molecule has 5 heteroatoms. The highest BCUT2D eigenvalue weighted by Crippen LogP contribution is 2.22. The molecule has 112 valence electrons. The minimum Gasteiger partial charge on any atom is -0.297 e. The average molecular weight is 307 g/mol. The topological polar surface area (TPSA) is 54.9 Å². The standard InChI is InChI=1S/C16H19ClN2O2/c1-10(2)9-11(3)19-15(20)13(14(17)18-16(19)21)12-7-5-4-6-8-12/h4-8,10-11H,9H2,1-3H3,(H,18,21). The molecule has 1 heterocycles. The normalized spacial score (nSPS) is 12.6. The third-order valence-electron chi connectivity index (χ3n) is 3.40. The summed E-state index contributed by atoms with van der Waals surface area (Å²) in [6.07, 6.45) is 0.749. The molecule has 0 spiro atoms. The highest BCUT2D eigenvalue weighted by Gasteiger charge is 2.18. The zero-order chi connectivity index (χ0) is 15.6. The number of benzene rings is 1. The van der Waals surface area contributed by atoms with E-state index in [1.54, 1.807) is 12.1 Å². The molecule has 0 aliphatic rings. The van der Waals surface area contributed by atoms with Gasteiger partial charge in [0.25, 0.3) is 5.56 Å². The molecule has 2 aromatic rings. The van der Waals surface area contributed by atoms with Crippen molar-refractivity contribution in [2.75, 3.05) is 0 Å². The van der Waals surface area contributed by atoms with E-state index in [1.807, 2.05) is 25.1 Å². The summed E-state index contributed by atoms with van der Waals surface area (Å²) in [7, 11) is 0. The van der Waals surface area contributed by atoms with Crippen LogP contribution in [-0.2, 0) is 0 Å². The SMILES string of the molecule is CC(C)CC(C)n1c(=O)[nH]c(Cl)c(-c2ccccc2)c1=O. The zero-order valence-corrected chi connectivity index (χ0v) is 13.1. The Bertz CT molecular complexity index is 732. The first-order valence-electron chi connectivity index (χ1n) is 7.01. The molecule has 0 aliphatic heterocycles. The van der Waals surface area contributed by atoms with Crippen molar-refractivity contribution in [3.8, 4) is 11.1 Å². The Morgan fingerprint density at radius 2 is 1.76 bits per heavy atom. The van der Waals surface area contributed by atoms with Crippen molar-refractivity contribution in [3.63, 3.8) is 0 Å². The maximum absolute atomic E-state index is 12.7. The van der Waals surface area contributed by atoms with Gasteiger partial charge in [-0.2, -0.15) is 0 Å². The maximum Gasteiger partial charge on any atom is 0.329 e. The highest BCUT2D eigenvalue weighted by atomic mass is 35.5. The number of halogens is 1. The molecule has 0 amide bonds. The van der Waals surface area contributed by atoms with E-state index in [0.717, 1.165) is 6.42 Å². The largest absolute Gasteiger partial charge is 0.329 e. The van der Waals surface area contributed by atoms with Crippen LogP contribution in [0.2, 0.25) is 5.15 Å². The predicted molar refractivity (Wildman–Crippen MR) is 85.9 cm³/mol. The Hall–Kier alpha value is -1.81. The average Bonchev–Trinajstić information content (AvgIpc) is 2.38. The van der Waals surface area contributed by atoms with Gasteiger partial charge in [0.15, 0.2) is 0 Å². The van der Waals surface area contributed by atoms with Crippen LogP contribution in [0.3, 0.4) is 0 Å². The van der Waals surface area contributed by atoms with Crippen molar-refractivity contribution < 1.29 is 0 Å². The Labute approximate surface area is 128 Å². The summed E-state index contributed by atoms with van der Waals surface area (Å²) in [4.78, 5) is 27.4. The monoisotopic (exact) mass is 306 g/mol. The van der Waals surface area contributed by atoms with E-state index < -0.39 is 5.69 Å². The summed E-state index contributed by atoms with van der Waals surface area (Å²) in [5.41, 5.74) is 0.239. The number of rotatable bonds is 4. The van der Waals surface area contributed by atoms with Crippen molar-refractivity contribution in [1.29, 1.82) is 0 Å². The van der Waals surface area contributed by atoms with E-state index in [4.69, 9.17) is 11.6 Å². The van der Waals surface area contributed by atoms with Crippen molar-refractivity contribution in [1.82, 2.24) is 9.55 Å². The Morgan fingerprint density at radius 3 is 2.33 bits per heavy atom. The van der Waals surface area contributed by atoms with Gasteiger partial charge in [0.2, 0.25) is 0 Å². The third-order valence-corrected chi connectivity index (χ3v) is 3.69. The first-order valence-corrected chi connectivity index (χ1v) is 7.39.